The van der Waals surface area contributed by atoms with E-state index in [1.165, 1.54) is 151 Å². The molecule has 3 aromatic rings. The molecular weight excluding hydrogens is 588 g/mol. The van der Waals surface area contributed by atoms with Crippen LogP contribution in [0.3, 0.4) is 0 Å². The molecule has 0 aliphatic rings. The van der Waals surface area contributed by atoms with Gasteiger partial charge in [-0.05, 0) is 36.1 Å². The van der Waals surface area contributed by atoms with Crippen LogP contribution in [-0.2, 0) is 49.0 Å². The van der Waals surface area contributed by atoms with Crippen LogP contribution in [0.25, 0.3) is 0 Å². The smallest absolute Gasteiger partial charge is 0.174 e. The lowest BCUT2D eigenvalue weighted by Gasteiger charge is -2.07. The van der Waals surface area contributed by atoms with E-state index in [2.05, 4.69) is 96.3 Å². The Hall–Kier alpha value is -2.56. The van der Waals surface area contributed by atoms with E-state index in [4.69, 9.17) is 9.47 Å². The summed E-state index contributed by atoms with van der Waals surface area (Å²) >= 11 is 0. The minimum absolute atomic E-state index is 0.623. The Morgan fingerprint density at radius 2 is 0.688 bits per heavy atom. The quantitative estimate of drug-likeness (QED) is 0.0526. The number of unbranched alkanes of at least 4 members (excludes halogenated alkanes) is 18. The molecule has 0 fully saturated rings. The van der Waals surface area contributed by atoms with Gasteiger partial charge in [0.2, 0.25) is 0 Å². The summed E-state index contributed by atoms with van der Waals surface area (Å²) in [5.41, 5.74) is 4.87. The minimum Gasteiger partial charge on any atom is -0.372 e. The average Bonchev–Trinajstić information content (AvgIpc) is 3.11. The third kappa shape index (κ3) is 19.4. The molecule has 0 unspecified atom stereocenters. The maximum absolute atomic E-state index is 6.08. The van der Waals surface area contributed by atoms with Crippen molar-refractivity contribution in [3.05, 3.63) is 95.6 Å². The number of hydrogen-bond donors (Lipinski definition) is 0. The van der Waals surface area contributed by atoms with E-state index in [0.717, 1.165) is 13.1 Å². The van der Waals surface area contributed by atoms with Gasteiger partial charge in [0.25, 0.3) is 0 Å². The minimum atomic E-state index is 0.623. The van der Waals surface area contributed by atoms with Gasteiger partial charge < -0.3 is 9.47 Å². The van der Waals surface area contributed by atoms with E-state index in [1.807, 2.05) is 0 Å². The number of pyridine rings is 2. The standard InChI is InChI=1S/C44H70N2O2/c1-3-5-7-9-11-13-15-17-19-21-31-45-33-23-25-43(35-45)39-47-37-41-27-29-42(30-28-41)38-48-40-44-26-24-34-46(36-44)32-22-20-18-16-14-12-10-8-6-4-2/h23-30,33-36H,3-22,31-32,37-40H2,1-2H3/q+2. The zero-order valence-electron chi connectivity index (χ0n) is 31.0. The topological polar surface area (TPSA) is 26.2 Å². The lowest BCUT2D eigenvalue weighted by atomic mass is 10.1. The zero-order chi connectivity index (χ0) is 33.7. The van der Waals surface area contributed by atoms with Crippen LogP contribution in [0.2, 0.25) is 0 Å². The molecule has 1 aromatic carbocycles. The summed E-state index contributed by atoms with van der Waals surface area (Å²) in [6.45, 7) is 9.29. The van der Waals surface area contributed by atoms with Crippen LogP contribution in [0.1, 0.15) is 165 Å². The Balaban J connectivity index is 1.22. The van der Waals surface area contributed by atoms with Crippen molar-refractivity contribution in [2.75, 3.05) is 0 Å². The molecule has 3 rings (SSSR count). The zero-order valence-corrected chi connectivity index (χ0v) is 31.0. The van der Waals surface area contributed by atoms with Gasteiger partial charge in [0, 0.05) is 36.1 Å². The summed E-state index contributed by atoms with van der Waals surface area (Å²) in [4.78, 5) is 0. The van der Waals surface area contributed by atoms with Crippen molar-refractivity contribution in [2.24, 2.45) is 0 Å². The first-order chi connectivity index (χ1) is 23.8. The van der Waals surface area contributed by atoms with E-state index in [1.54, 1.807) is 0 Å². The number of rotatable bonds is 30. The van der Waals surface area contributed by atoms with Crippen LogP contribution < -0.4 is 9.13 Å². The van der Waals surface area contributed by atoms with Gasteiger partial charge in [0.05, 0.1) is 26.4 Å². The number of ether oxygens (including phenoxy) is 2. The molecule has 0 aliphatic heterocycles. The first kappa shape index (κ1) is 39.9. The summed E-state index contributed by atoms with van der Waals surface area (Å²) in [6.07, 6.45) is 36.4. The fraction of sp³-hybridized carbons (Fsp3) is 0.636. The first-order valence-electron chi connectivity index (χ1n) is 20.0. The van der Waals surface area contributed by atoms with Crippen LogP contribution in [0.15, 0.2) is 73.3 Å². The van der Waals surface area contributed by atoms with Gasteiger partial charge in [0.1, 0.15) is 13.1 Å². The van der Waals surface area contributed by atoms with Gasteiger partial charge in [-0.15, -0.1) is 0 Å². The number of hydrogen-bond acceptors (Lipinski definition) is 2. The number of benzene rings is 1. The van der Waals surface area contributed by atoms with Gasteiger partial charge in [-0.25, -0.2) is 9.13 Å². The van der Waals surface area contributed by atoms with Gasteiger partial charge in [-0.1, -0.05) is 141 Å². The Morgan fingerprint density at radius 3 is 1.04 bits per heavy atom. The Labute approximate surface area is 295 Å². The molecule has 48 heavy (non-hydrogen) atoms. The fourth-order valence-electron chi connectivity index (χ4n) is 6.47. The molecule has 4 nitrogen and oxygen atoms in total. The van der Waals surface area contributed by atoms with Crippen molar-refractivity contribution < 1.29 is 18.6 Å². The third-order valence-corrected chi connectivity index (χ3v) is 9.48. The molecule has 266 valence electrons. The molecule has 2 heterocycles. The second kappa shape index (κ2) is 27.3. The second-order valence-electron chi connectivity index (χ2n) is 14.1. The predicted molar refractivity (Wildman–Crippen MR) is 200 cm³/mol. The molecule has 0 N–H and O–H groups in total. The first-order valence-corrected chi connectivity index (χ1v) is 20.0. The van der Waals surface area contributed by atoms with Crippen LogP contribution in [0.4, 0.5) is 0 Å². The molecule has 0 saturated heterocycles. The van der Waals surface area contributed by atoms with Crippen LogP contribution in [-0.4, -0.2) is 0 Å². The molecule has 0 saturated carbocycles. The van der Waals surface area contributed by atoms with Crippen molar-refractivity contribution >= 4 is 0 Å². The average molecular weight is 659 g/mol. The van der Waals surface area contributed by atoms with E-state index in [0.29, 0.717) is 26.4 Å². The molecule has 4 heteroatoms. The summed E-state index contributed by atoms with van der Waals surface area (Å²) in [5, 5.41) is 0. The van der Waals surface area contributed by atoms with Gasteiger partial charge >= 0.3 is 0 Å². The molecule has 2 aromatic heterocycles. The molecule has 0 radical (unpaired) electrons. The molecule has 0 aliphatic carbocycles. The van der Waals surface area contributed by atoms with Crippen LogP contribution in [0, 0.1) is 0 Å². The summed E-state index contributed by atoms with van der Waals surface area (Å²) in [5.74, 6) is 0. The lowest BCUT2D eigenvalue weighted by Crippen LogP contribution is -2.33. The Bertz CT molecular complexity index is 1090. The summed E-state index contributed by atoms with van der Waals surface area (Å²) in [6, 6.07) is 17.3. The van der Waals surface area contributed by atoms with Gasteiger partial charge in [-0.2, -0.15) is 0 Å². The van der Waals surface area contributed by atoms with Crippen LogP contribution >= 0.6 is 0 Å². The SMILES string of the molecule is CCCCCCCCCCCC[n+]1cccc(COCc2ccc(COCc3ccc[n+](CCCCCCCCCCCC)c3)cc2)c1. The fourth-order valence-corrected chi connectivity index (χ4v) is 6.47. The molecule has 0 spiro atoms. The molecular formula is C44H70N2O2+2. The summed E-state index contributed by atoms with van der Waals surface area (Å²) in [7, 11) is 0. The Kier molecular flexibility index (Phi) is 22.7. The number of aromatic nitrogens is 2. The second-order valence-corrected chi connectivity index (χ2v) is 14.1. The van der Waals surface area contributed by atoms with Crippen molar-refractivity contribution in [1.29, 1.82) is 0 Å². The monoisotopic (exact) mass is 659 g/mol. The predicted octanol–water partition coefficient (Wildman–Crippen LogP) is 11.5. The van der Waals surface area contributed by atoms with E-state index in [-0.39, 0.29) is 0 Å². The van der Waals surface area contributed by atoms with Gasteiger partial charge in [0.15, 0.2) is 24.8 Å². The molecule has 0 bridgehead atoms. The molecule has 0 atom stereocenters. The van der Waals surface area contributed by atoms with E-state index < -0.39 is 0 Å². The van der Waals surface area contributed by atoms with Crippen molar-refractivity contribution in [1.82, 2.24) is 0 Å². The number of nitrogens with zero attached hydrogens (tertiary/aromatic N) is 2. The van der Waals surface area contributed by atoms with Gasteiger partial charge in [-0.3, -0.25) is 0 Å². The maximum atomic E-state index is 6.08. The highest BCUT2D eigenvalue weighted by Gasteiger charge is 2.06. The third-order valence-electron chi connectivity index (χ3n) is 9.48. The number of aryl methyl sites for hydroxylation is 2. The largest absolute Gasteiger partial charge is 0.372 e. The highest BCUT2D eigenvalue weighted by Crippen LogP contribution is 2.13. The highest BCUT2D eigenvalue weighted by atomic mass is 16.5. The molecule has 0 amide bonds. The normalized spacial score (nSPS) is 11.4. The Morgan fingerprint density at radius 1 is 0.375 bits per heavy atom. The maximum Gasteiger partial charge on any atom is 0.174 e. The van der Waals surface area contributed by atoms with E-state index in [9.17, 15) is 0 Å². The highest BCUT2D eigenvalue weighted by molar-refractivity contribution is 5.21. The summed E-state index contributed by atoms with van der Waals surface area (Å²) < 4.78 is 16.8. The van der Waals surface area contributed by atoms with Crippen molar-refractivity contribution in [3.8, 4) is 0 Å². The lowest BCUT2D eigenvalue weighted by molar-refractivity contribution is -0.698. The van der Waals surface area contributed by atoms with Crippen LogP contribution in [0.5, 0.6) is 0 Å². The van der Waals surface area contributed by atoms with Crippen molar-refractivity contribution in [3.63, 3.8) is 0 Å². The van der Waals surface area contributed by atoms with E-state index >= 15 is 0 Å². The van der Waals surface area contributed by atoms with Crippen molar-refractivity contribution in [2.45, 2.75) is 182 Å².